The first-order valence-corrected chi connectivity index (χ1v) is 3.78. The molecular weight excluding hydrogens is 142 g/mol. The van der Waals surface area contributed by atoms with Crippen LogP contribution in [0.4, 0.5) is 4.79 Å². The van der Waals surface area contributed by atoms with E-state index in [4.69, 9.17) is 0 Å². The van der Waals surface area contributed by atoms with E-state index in [2.05, 4.69) is 4.74 Å². The predicted octanol–water partition coefficient (Wildman–Crippen LogP) is 1.75. The highest BCUT2D eigenvalue weighted by Crippen LogP contribution is 2.14. The van der Waals surface area contributed by atoms with Gasteiger partial charge in [0.1, 0.15) is 0 Å². The van der Waals surface area contributed by atoms with E-state index in [0.717, 1.165) is 12.8 Å². The minimum atomic E-state index is -0.270. The molecule has 0 bridgehead atoms. The molecule has 1 heterocycles. The Labute approximate surface area is 66.6 Å². The summed E-state index contributed by atoms with van der Waals surface area (Å²) in [4.78, 5) is 12.6. The van der Waals surface area contributed by atoms with Gasteiger partial charge in [0.2, 0.25) is 0 Å². The van der Waals surface area contributed by atoms with Gasteiger partial charge in [0.25, 0.3) is 0 Å². The number of allylic oxidation sites excluding steroid dienone is 1. The second kappa shape index (κ2) is 3.42. The van der Waals surface area contributed by atoms with Crippen molar-refractivity contribution in [3.63, 3.8) is 0 Å². The summed E-state index contributed by atoms with van der Waals surface area (Å²) in [5, 5.41) is 0. The Bertz CT molecular complexity index is 177. The van der Waals surface area contributed by atoms with E-state index in [-0.39, 0.29) is 12.1 Å². The molecule has 11 heavy (non-hydrogen) atoms. The van der Waals surface area contributed by atoms with Crippen molar-refractivity contribution in [3.8, 4) is 0 Å². The first kappa shape index (κ1) is 8.11. The Morgan fingerprint density at radius 2 is 2.45 bits per heavy atom. The van der Waals surface area contributed by atoms with Gasteiger partial charge in [0, 0.05) is 12.2 Å². The molecule has 0 radical (unpaired) electrons. The maximum atomic E-state index is 11.0. The molecule has 3 nitrogen and oxygen atoms in total. The molecule has 1 atom stereocenters. The molecule has 62 valence electrons. The van der Waals surface area contributed by atoms with Crippen LogP contribution in [0.2, 0.25) is 0 Å². The van der Waals surface area contributed by atoms with Crippen molar-refractivity contribution in [3.05, 3.63) is 12.3 Å². The van der Waals surface area contributed by atoms with Gasteiger partial charge in [-0.2, -0.15) is 0 Å². The van der Waals surface area contributed by atoms with E-state index in [1.165, 1.54) is 7.11 Å². The van der Waals surface area contributed by atoms with Crippen LogP contribution in [0, 0.1) is 0 Å². The van der Waals surface area contributed by atoms with Gasteiger partial charge < -0.3 is 4.74 Å². The van der Waals surface area contributed by atoms with Crippen LogP contribution in [0.3, 0.4) is 0 Å². The van der Waals surface area contributed by atoms with Gasteiger partial charge in [-0.05, 0) is 19.8 Å². The predicted molar refractivity (Wildman–Crippen MR) is 42.1 cm³/mol. The number of hydrogen-bond donors (Lipinski definition) is 0. The summed E-state index contributed by atoms with van der Waals surface area (Å²) >= 11 is 0. The highest BCUT2D eigenvalue weighted by molar-refractivity contribution is 5.69. The largest absolute Gasteiger partial charge is 0.452 e. The lowest BCUT2D eigenvalue weighted by Crippen LogP contribution is -2.35. The van der Waals surface area contributed by atoms with Crippen molar-refractivity contribution in [1.82, 2.24) is 4.90 Å². The number of hydrogen-bond acceptors (Lipinski definition) is 2. The summed E-state index contributed by atoms with van der Waals surface area (Å²) in [6.45, 7) is 2.01. The summed E-state index contributed by atoms with van der Waals surface area (Å²) in [5.41, 5.74) is 0. The zero-order chi connectivity index (χ0) is 8.27. The van der Waals surface area contributed by atoms with E-state index in [9.17, 15) is 4.79 Å². The Morgan fingerprint density at radius 3 is 3.00 bits per heavy atom. The third-order valence-electron chi connectivity index (χ3n) is 1.88. The molecule has 0 aromatic heterocycles. The molecule has 0 N–H and O–H groups in total. The number of amides is 1. The minimum absolute atomic E-state index is 0.270. The average Bonchev–Trinajstić information content (AvgIpc) is 2.04. The van der Waals surface area contributed by atoms with Crippen molar-refractivity contribution in [2.75, 3.05) is 7.11 Å². The fourth-order valence-corrected chi connectivity index (χ4v) is 1.16. The molecule has 1 unspecified atom stereocenters. The van der Waals surface area contributed by atoms with Gasteiger partial charge in [0.05, 0.1) is 7.11 Å². The first-order valence-electron chi connectivity index (χ1n) is 3.78. The van der Waals surface area contributed by atoms with Crippen LogP contribution in [-0.4, -0.2) is 24.1 Å². The van der Waals surface area contributed by atoms with Crippen LogP contribution in [0.25, 0.3) is 0 Å². The van der Waals surface area contributed by atoms with Crippen LogP contribution >= 0.6 is 0 Å². The van der Waals surface area contributed by atoms with Gasteiger partial charge in [-0.1, -0.05) is 6.08 Å². The smallest absolute Gasteiger partial charge is 0.413 e. The first-order chi connectivity index (χ1) is 5.25. The molecule has 1 aliphatic rings. The van der Waals surface area contributed by atoms with Gasteiger partial charge >= 0.3 is 6.09 Å². The average molecular weight is 155 g/mol. The standard InChI is InChI=1S/C8H13NO2/c1-7-5-3-4-6-9(7)8(10)11-2/h4,6-7H,3,5H2,1-2H3. The highest BCUT2D eigenvalue weighted by Gasteiger charge is 2.19. The Morgan fingerprint density at radius 1 is 1.73 bits per heavy atom. The highest BCUT2D eigenvalue weighted by atomic mass is 16.5. The van der Waals surface area contributed by atoms with E-state index < -0.39 is 0 Å². The van der Waals surface area contributed by atoms with Crippen LogP contribution in [-0.2, 0) is 4.74 Å². The van der Waals surface area contributed by atoms with Gasteiger partial charge in [-0.25, -0.2) is 4.79 Å². The summed E-state index contributed by atoms with van der Waals surface area (Å²) in [6.07, 6.45) is 5.57. The Balaban J connectivity index is 2.61. The van der Waals surface area contributed by atoms with Crippen LogP contribution in [0.1, 0.15) is 19.8 Å². The molecular formula is C8H13NO2. The lowest BCUT2D eigenvalue weighted by atomic mass is 10.1. The van der Waals surface area contributed by atoms with Crippen LogP contribution in [0.5, 0.6) is 0 Å². The molecule has 1 amide bonds. The zero-order valence-electron chi connectivity index (χ0n) is 6.91. The molecule has 3 heteroatoms. The molecule has 0 saturated heterocycles. The third kappa shape index (κ3) is 1.73. The Hall–Kier alpha value is -0.990. The number of ether oxygens (including phenoxy) is 1. The quantitative estimate of drug-likeness (QED) is 0.533. The molecule has 0 saturated carbocycles. The summed E-state index contributed by atoms with van der Waals surface area (Å²) < 4.78 is 4.60. The van der Waals surface area contributed by atoms with E-state index in [0.29, 0.717) is 0 Å². The number of methoxy groups -OCH3 is 1. The zero-order valence-corrected chi connectivity index (χ0v) is 6.91. The number of carbonyl (C=O) groups is 1. The topological polar surface area (TPSA) is 29.5 Å². The van der Waals surface area contributed by atoms with Crippen molar-refractivity contribution < 1.29 is 9.53 Å². The summed E-state index contributed by atoms with van der Waals surface area (Å²) in [6, 6.07) is 0.271. The van der Waals surface area contributed by atoms with E-state index >= 15 is 0 Å². The number of nitrogens with zero attached hydrogens (tertiary/aromatic N) is 1. The molecule has 0 aliphatic carbocycles. The Kier molecular flexibility index (Phi) is 2.52. The second-order valence-electron chi connectivity index (χ2n) is 2.69. The van der Waals surface area contributed by atoms with E-state index in [1.807, 2.05) is 13.0 Å². The minimum Gasteiger partial charge on any atom is -0.452 e. The molecule has 0 fully saturated rings. The third-order valence-corrected chi connectivity index (χ3v) is 1.88. The van der Waals surface area contributed by atoms with Gasteiger partial charge in [0.15, 0.2) is 0 Å². The van der Waals surface area contributed by atoms with Gasteiger partial charge in [-0.15, -0.1) is 0 Å². The van der Waals surface area contributed by atoms with Crippen LogP contribution < -0.4 is 0 Å². The lowest BCUT2D eigenvalue weighted by Gasteiger charge is -2.26. The second-order valence-corrected chi connectivity index (χ2v) is 2.69. The molecule has 0 spiro atoms. The van der Waals surface area contributed by atoms with Crippen LogP contribution in [0.15, 0.2) is 12.3 Å². The number of carbonyl (C=O) groups excluding carboxylic acids is 1. The molecule has 0 aromatic carbocycles. The number of rotatable bonds is 0. The van der Waals surface area contributed by atoms with Crippen molar-refractivity contribution in [2.24, 2.45) is 0 Å². The summed E-state index contributed by atoms with van der Waals surface area (Å²) in [5.74, 6) is 0. The van der Waals surface area contributed by atoms with Gasteiger partial charge in [-0.3, -0.25) is 4.90 Å². The fraction of sp³-hybridized carbons (Fsp3) is 0.625. The monoisotopic (exact) mass is 155 g/mol. The molecule has 0 aromatic rings. The maximum Gasteiger partial charge on any atom is 0.413 e. The van der Waals surface area contributed by atoms with Crippen molar-refractivity contribution in [1.29, 1.82) is 0 Å². The molecule has 1 aliphatic heterocycles. The van der Waals surface area contributed by atoms with Crippen molar-refractivity contribution >= 4 is 6.09 Å². The molecule has 1 rings (SSSR count). The summed E-state index contributed by atoms with van der Waals surface area (Å²) in [7, 11) is 1.40. The van der Waals surface area contributed by atoms with Crippen molar-refractivity contribution in [2.45, 2.75) is 25.8 Å². The normalized spacial score (nSPS) is 23.5. The SMILES string of the molecule is COC(=O)N1C=CCCC1C. The van der Waals surface area contributed by atoms with E-state index in [1.54, 1.807) is 11.1 Å². The fourth-order valence-electron chi connectivity index (χ4n) is 1.16. The lowest BCUT2D eigenvalue weighted by molar-refractivity contribution is 0.125. The maximum absolute atomic E-state index is 11.0.